The molecule has 1 aromatic carbocycles. The van der Waals surface area contributed by atoms with E-state index in [4.69, 9.17) is 0 Å². The molecule has 2 rings (SSSR count). The summed E-state index contributed by atoms with van der Waals surface area (Å²) in [6, 6.07) is 6.97. The number of fused-ring (bicyclic) bond motifs is 1. The maximum Gasteiger partial charge on any atom is 0.0582 e. The van der Waals surface area contributed by atoms with E-state index in [0.29, 0.717) is 6.04 Å². The van der Waals surface area contributed by atoms with Crippen molar-refractivity contribution in [3.8, 4) is 0 Å². The standard InChI is InChI=1S/C12H16N2S/c1-3-13-9(2)7-10-5-4-6-11-8-14-15-12(10)11/h4-6,8-9,13H,3,7H2,1-2H3. The summed E-state index contributed by atoms with van der Waals surface area (Å²) in [6.07, 6.45) is 3.02. The van der Waals surface area contributed by atoms with Gasteiger partial charge in [-0.3, -0.25) is 0 Å². The van der Waals surface area contributed by atoms with Gasteiger partial charge in [-0.15, -0.1) is 0 Å². The van der Waals surface area contributed by atoms with Crippen LogP contribution in [-0.4, -0.2) is 17.0 Å². The first-order valence-corrected chi connectivity index (χ1v) is 6.14. The predicted octanol–water partition coefficient (Wildman–Crippen LogP) is 2.84. The second-order valence-corrected chi connectivity index (χ2v) is 4.63. The van der Waals surface area contributed by atoms with Crippen molar-refractivity contribution in [1.82, 2.24) is 9.69 Å². The van der Waals surface area contributed by atoms with E-state index in [1.54, 1.807) is 11.5 Å². The fraction of sp³-hybridized carbons (Fsp3) is 0.417. The first-order chi connectivity index (χ1) is 7.31. The third kappa shape index (κ3) is 2.36. The summed E-state index contributed by atoms with van der Waals surface area (Å²) in [5, 5.41) is 4.70. The number of likely N-dealkylation sites (N-methyl/N-ethyl adjacent to an activating group) is 1. The van der Waals surface area contributed by atoms with E-state index in [1.807, 2.05) is 6.20 Å². The SMILES string of the molecule is CCNC(C)Cc1cccc2cnsc12. The van der Waals surface area contributed by atoms with Crippen molar-refractivity contribution in [3.05, 3.63) is 30.0 Å². The number of nitrogens with one attached hydrogen (secondary N) is 1. The molecule has 80 valence electrons. The van der Waals surface area contributed by atoms with Gasteiger partial charge < -0.3 is 5.32 Å². The van der Waals surface area contributed by atoms with Crippen molar-refractivity contribution in [3.63, 3.8) is 0 Å². The third-order valence-corrected chi connectivity index (χ3v) is 3.43. The zero-order chi connectivity index (χ0) is 10.7. The van der Waals surface area contributed by atoms with E-state index >= 15 is 0 Å². The molecule has 1 N–H and O–H groups in total. The van der Waals surface area contributed by atoms with Crippen molar-refractivity contribution < 1.29 is 0 Å². The second kappa shape index (κ2) is 4.73. The van der Waals surface area contributed by atoms with Gasteiger partial charge in [-0.1, -0.05) is 25.1 Å². The van der Waals surface area contributed by atoms with E-state index in [0.717, 1.165) is 13.0 Å². The molecule has 2 aromatic rings. The van der Waals surface area contributed by atoms with E-state index in [1.165, 1.54) is 15.6 Å². The Bertz CT molecular complexity index is 436. The third-order valence-electron chi connectivity index (χ3n) is 2.54. The van der Waals surface area contributed by atoms with Gasteiger partial charge in [0.05, 0.1) is 4.70 Å². The number of hydrogen-bond donors (Lipinski definition) is 1. The van der Waals surface area contributed by atoms with Gasteiger partial charge in [-0.25, -0.2) is 0 Å². The molecule has 0 aliphatic heterocycles. The highest BCUT2D eigenvalue weighted by atomic mass is 32.1. The minimum atomic E-state index is 0.530. The van der Waals surface area contributed by atoms with Gasteiger partial charge in [0.25, 0.3) is 0 Å². The van der Waals surface area contributed by atoms with Gasteiger partial charge in [-0.2, -0.15) is 4.37 Å². The number of nitrogens with zero attached hydrogens (tertiary/aromatic N) is 1. The molecular formula is C12H16N2S. The van der Waals surface area contributed by atoms with Crippen LogP contribution in [0.25, 0.3) is 10.1 Å². The molecule has 0 radical (unpaired) electrons. The van der Waals surface area contributed by atoms with Crippen LogP contribution in [0.15, 0.2) is 24.4 Å². The van der Waals surface area contributed by atoms with Gasteiger partial charge in [0.15, 0.2) is 0 Å². The lowest BCUT2D eigenvalue weighted by Gasteiger charge is -2.12. The Morgan fingerprint density at radius 1 is 1.47 bits per heavy atom. The molecule has 0 amide bonds. The largest absolute Gasteiger partial charge is 0.314 e. The molecule has 1 aromatic heterocycles. The molecule has 1 heterocycles. The highest BCUT2D eigenvalue weighted by Crippen LogP contribution is 2.23. The zero-order valence-electron chi connectivity index (χ0n) is 9.16. The predicted molar refractivity (Wildman–Crippen MR) is 66.5 cm³/mol. The summed E-state index contributed by atoms with van der Waals surface area (Å²) in [6.45, 7) is 5.40. The molecule has 0 bridgehead atoms. The smallest absolute Gasteiger partial charge is 0.0582 e. The average molecular weight is 220 g/mol. The van der Waals surface area contributed by atoms with E-state index < -0.39 is 0 Å². The maximum absolute atomic E-state index is 4.24. The van der Waals surface area contributed by atoms with Crippen molar-refractivity contribution in [2.45, 2.75) is 26.3 Å². The van der Waals surface area contributed by atoms with Crippen LogP contribution in [0.2, 0.25) is 0 Å². The van der Waals surface area contributed by atoms with Crippen molar-refractivity contribution in [2.24, 2.45) is 0 Å². The second-order valence-electron chi connectivity index (χ2n) is 3.82. The Morgan fingerprint density at radius 2 is 2.33 bits per heavy atom. The molecular weight excluding hydrogens is 204 g/mol. The lowest BCUT2D eigenvalue weighted by atomic mass is 10.1. The van der Waals surface area contributed by atoms with Gasteiger partial charge >= 0.3 is 0 Å². The van der Waals surface area contributed by atoms with Gasteiger partial charge in [0, 0.05) is 17.6 Å². The Balaban J connectivity index is 2.23. The Kier molecular flexibility index (Phi) is 3.34. The fourth-order valence-electron chi connectivity index (χ4n) is 1.86. The lowest BCUT2D eigenvalue weighted by molar-refractivity contribution is 0.567. The lowest BCUT2D eigenvalue weighted by Crippen LogP contribution is -2.27. The van der Waals surface area contributed by atoms with Gasteiger partial charge in [-0.05, 0) is 37.0 Å². The van der Waals surface area contributed by atoms with Crippen LogP contribution in [0, 0.1) is 0 Å². The highest BCUT2D eigenvalue weighted by molar-refractivity contribution is 7.13. The minimum absolute atomic E-state index is 0.530. The monoisotopic (exact) mass is 220 g/mol. The van der Waals surface area contributed by atoms with Crippen LogP contribution in [0.5, 0.6) is 0 Å². The molecule has 0 saturated heterocycles. The first kappa shape index (κ1) is 10.6. The molecule has 1 unspecified atom stereocenters. The van der Waals surface area contributed by atoms with Crippen molar-refractivity contribution in [1.29, 1.82) is 0 Å². The normalized spacial score (nSPS) is 13.2. The average Bonchev–Trinajstić information content (AvgIpc) is 2.67. The molecule has 0 fully saturated rings. The summed E-state index contributed by atoms with van der Waals surface area (Å²) < 4.78 is 5.57. The van der Waals surface area contributed by atoms with Crippen LogP contribution in [0.1, 0.15) is 19.4 Å². The molecule has 0 saturated carbocycles. The highest BCUT2D eigenvalue weighted by Gasteiger charge is 2.06. The van der Waals surface area contributed by atoms with Crippen LogP contribution in [0.3, 0.4) is 0 Å². The summed E-state index contributed by atoms with van der Waals surface area (Å²) >= 11 is 1.60. The quantitative estimate of drug-likeness (QED) is 0.857. The molecule has 1 atom stereocenters. The van der Waals surface area contributed by atoms with Crippen LogP contribution in [0.4, 0.5) is 0 Å². The van der Waals surface area contributed by atoms with Crippen molar-refractivity contribution in [2.75, 3.05) is 6.54 Å². The van der Waals surface area contributed by atoms with Crippen LogP contribution < -0.4 is 5.32 Å². The Labute approximate surface area is 94.5 Å². The molecule has 2 nitrogen and oxygen atoms in total. The summed E-state index contributed by atoms with van der Waals surface area (Å²) in [7, 11) is 0. The van der Waals surface area contributed by atoms with Gasteiger partial charge in [0.1, 0.15) is 0 Å². The van der Waals surface area contributed by atoms with E-state index in [-0.39, 0.29) is 0 Å². The van der Waals surface area contributed by atoms with Crippen molar-refractivity contribution >= 4 is 21.6 Å². The Morgan fingerprint density at radius 3 is 3.13 bits per heavy atom. The number of aromatic nitrogens is 1. The van der Waals surface area contributed by atoms with Crippen LogP contribution >= 0.6 is 11.5 Å². The minimum Gasteiger partial charge on any atom is -0.314 e. The first-order valence-electron chi connectivity index (χ1n) is 5.37. The number of benzene rings is 1. The Hall–Kier alpha value is -0.930. The summed E-state index contributed by atoms with van der Waals surface area (Å²) in [5.41, 5.74) is 1.41. The van der Waals surface area contributed by atoms with E-state index in [2.05, 4.69) is 41.7 Å². The van der Waals surface area contributed by atoms with Gasteiger partial charge in [0.2, 0.25) is 0 Å². The molecule has 3 heteroatoms. The molecule has 0 aliphatic carbocycles. The number of rotatable bonds is 4. The molecule has 15 heavy (non-hydrogen) atoms. The summed E-state index contributed by atoms with van der Waals surface area (Å²) in [5.74, 6) is 0. The van der Waals surface area contributed by atoms with E-state index in [9.17, 15) is 0 Å². The zero-order valence-corrected chi connectivity index (χ0v) is 9.97. The number of hydrogen-bond acceptors (Lipinski definition) is 3. The fourth-order valence-corrected chi connectivity index (χ4v) is 2.63. The molecule has 0 spiro atoms. The maximum atomic E-state index is 4.24. The van der Waals surface area contributed by atoms with Crippen LogP contribution in [-0.2, 0) is 6.42 Å². The summed E-state index contributed by atoms with van der Waals surface area (Å²) in [4.78, 5) is 0. The molecule has 0 aliphatic rings. The topological polar surface area (TPSA) is 24.9 Å².